The van der Waals surface area contributed by atoms with E-state index in [-0.39, 0.29) is 23.3 Å². The molecule has 5 nitrogen and oxygen atoms in total. The molecule has 1 aliphatic rings. The van der Waals surface area contributed by atoms with Gasteiger partial charge in [-0.05, 0) is 67.3 Å². The summed E-state index contributed by atoms with van der Waals surface area (Å²) in [7, 11) is 0. The van der Waals surface area contributed by atoms with E-state index < -0.39 is 24.7 Å². The monoisotopic (exact) mass is 491 g/mol. The van der Waals surface area contributed by atoms with Crippen molar-refractivity contribution in [2.45, 2.75) is 59.2 Å². The van der Waals surface area contributed by atoms with E-state index in [2.05, 4.69) is 26.1 Å². The number of anilines is 1. The second kappa shape index (κ2) is 11.1. The summed E-state index contributed by atoms with van der Waals surface area (Å²) in [6.07, 6.45) is -2.27. The van der Waals surface area contributed by atoms with Crippen LogP contribution < -0.4 is 10.1 Å². The first-order chi connectivity index (χ1) is 16.4. The van der Waals surface area contributed by atoms with E-state index in [4.69, 9.17) is 9.47 Å². The Balaban J connectivity index is 1.91. The second-order valence-electron chi connectivity index (χ2n) is 9.66. The van der Waals surface area contributed by atoms with Crippen molar-refractivity contribution < 1.29 is 32.2 Å². The average Bonchev–Trinajstić information content (AvgIpc) is 2.78. The van der Waals surface area contributed by atoms with Crippen molar-refractivity contribution in [2.75, 3.05) is 11.9 Å². The molecule has 0 saturated heterocycles. The van der Waals surface area contributed by atoms with Gasteiger partial charge < -0.3 is 14.8 Å². The second-order valence-corrected chi connectivity index (χ2v) is 9.66. The van der Waals surface area contributed by atoms with Crippen molar-refractivity contribution in [3.63, 3.8) is 0 Å². The highest BCUT2D eigenvalue weighted by molar-refractivity contribution is 6.05. The zero-order valence-electron chi connectivity index (χ0n) is 20.4. The van der Waals surface area contributed by atoms with Crippen LogP contribution in [0.1, 0.15) is 66.3 Å². The number of carbonyl (C=O) groups is 2. The molecule has 0 radical (unpaired) electrons. The molecule has 3 atom stereocenters. The highest BCUT2D eigenvalue weighted by Crippen LogP contribution is 2.37. The Morgan fingerprint density at radius 2 is 1.80 bits per heavy atom. The molecule has 0 bridgehead atoms. The zero-order chi connectivity index (χ0) is 25.8. The Kier molecular flexibility index (Phi) is 8.46. The largest absolute Gasteiger partial charge is 0.483 e. The maximum Gasteiger partial charge on any atom is 0.422 e. The number of alkyl halides is 3. The van der Waals surface area contributed by atoms with Gasteiger partial charge >= 0.3 is 12.1 Å². The summed E-state index contributed by atoms with van der Waals surface area (Å²) in [6, 6.07) is 11.1. The van der Waals surface area contributed by atoms with Crippen LogP contribution in [0.4, 0.5) is 18.9 Å². The number of esters is 1. The van der Waals surface area contributed by atoms with E-state index in [1.807, 2.05) is 0 Å². The summed E-state index contributed by atoms with van der Waals surface area (Å²) in [6.45, 7) is 6.31. The van der Waals surface area contributed by atoms with Gasteiger partial charge in [-0.15, -0.1) is 0 Å². The van der Waals surface area contributed by atoms with E-state index in [1.165, 1.54) is 12.1 Å². The fourth-order valence-corrected chi connectivity index (χ4v) is 4.49. The van der Waals surface area contributed by atoms with Gasteiger partial charge in [-0.2, -0.15) is 13.2 Å². The third-order valence-electron chi connectivity index (χ3n) is 6.44. The molecule has 1 amide bonds. The van der Waals surface area contributed by atoms with Crippen LogP contribution in [0.5, 0.6) is 5.75 Å². The lowest BCUT2D eigenvalue weighted by Gasteiger charge is -2.36. The molecule has 1 fully saturated rings. The molecule has 0 spiro atoms. The predicted molar refractivity (Wildman–Crippen MR) is 128 cm³/mol. The first-order valence-corrected chi connectivity index (χ1v) is 11.9. The number of hydrogen-bond donors (Lipinski definition) is 1. The van der Waals surface area contributed by atoms with E-state index in [1.54, 1.807) is 37.3 Å². The molecule has 2 aromatic carbocycles. The summed E-state index contributed by atoms with van der Waals surface area (Å²) in [4.78, 5) is 25.9. The first kappa shape index (κ1) is 26.6. The molecule has 2 aromatic rings. The van der Waals surface area contributed by atoms with Crippen molar-refractivity contribution in [3.05, 3.63) is 59.2 Å². The molecule has 0 aromatic heterocycles. The number of aryl methyl sites for hydroxylation is 1. The summed E-state index contributed by atoms with van der Waals surface area (Å²) in [5.41, 5.74) is 1.00. The highest BCUT2D eigenvalue weighted by atomic mass is 19.4. The van der Waals surface area contributed by atoms with Crippen LogP contribution in [0.15, 0.2) is 42.5 Å². The molecule has 0 unspecified atom stereocenters. The Hall–Kier alpha value is -3.03. The molecule has 3 rings (SSSR count). The van der Waals surface area contributed by atoms with Crippen LogP contribution in [0, 0.1) is 24.7 Å². The normalized spacial score (nSPS) is 20.4. The Labute approximate surface area is 204 Å². The molecule has 1 aliphatic carbocycles. The van der Waals surface area contributed by atoms with Gasteiger partial charge in [0.15, 0.2) is 6.61 Å². The van der Waals surface area contributed by atoms with Gasteiger partial charge in [0, 0.05) is 11.3 Å². The van der Waals surface area contributed by atoms with Crippen molar-refractivity contribution in [3.8, 4) is 5.75 Å². The summed E-state index contributed by atoms with van der Waals surface area (Å²) < 4.78 is 49.5. The minimum atomic E-state index is -4.57. The summed E-state index contributed by atoms with van der Waals surface area (Å²) >= 11 is 0. The maximum absolute atomic E-state index is 13.3. The molecule has 0 aliphatic heterocycles. The third-order valence-corrected chi connectivity index (χ3v) is 6.44. The Bertz CT molecular complexity index is 1040. The molecule has 8 heteroatoms. The van der Waals surface area contributed by atoms with Crippen LogP contribution in [-0.2, 0) is 4.74 Å². The number of amides is 1. The SMILES string of the molecule is Cc1cc(OCC(F)(F)F)c(C(=O)O[C@@H]2C[C@H](C)CC[C@H]2C(C)C)cc1NC(=O)c1ccccc1. The number of halogens is 3. The van der Waals surface area contributed by atoms with E-state index in [0.717, 1.165) is 12.8 Å². The van der Waals surface area contributed by atoms with Gasteiger partial charge in [0.1, 0.15) is 17.4 Å². The number of nitrogens with one attached hydrogen (secondary N) is 1. The van der Waals surface area contributed by atoms with Crippen LogP contribution >= 0.6 is 0 Å². The topological polar surface area (TPSA) is 64.6 Å². The quantitative estimate of drug-likeness (QED) is 0.433. The van der Waals surface area contributed by atoms with Gasteiger partial charge in [0.05, 0.1) is 0 Å². The molecule has 1 N–H and O–H groups in total. The molecule has 1 saturated carbocycles. The smallest absolute Gasteiger partial charge is 0.422 e. The Morgan fingerprint density at radius 1 is 1.11 bits per heavy atom. The van der Waals surface area contributed by atoms with E-state index in [9.17, 15) is 22.8 Å². The van der Waals surface area contributed by atoms with Crippen LogP contribution in [0.3, 0.4) is 0 Å². The highest BCUT2D eigenvalue weighted by Gasteiger charge is 2.35. The van der Waals surface area contributed by atoms with Crippen molar-refractivity contribution >= 4 is 17.6 Å². The van der Waals surface area contributed by atoms with Crippen LogP contribution in [0.25, 0.3) is 0 Å². The Morgan fingerprint density at radius 3 is 2.43 bits per heavy atom. The lowest BCUT2D eigenvalue weighted by Crippen LogP contribution is -2.36. The lowest BCUT2D eigenvalue weighted by molar-refractivity contribution is -0.153. The third kappa shape index (κ3) is 7.23. The van der Waals surface area contributed by atoms with Gasteiger partial charge in [-0.25, -0.2) is 4.79 Å². The summed E-state index contributed by atoms with van der Waals surface area (Å²) in [5.74, 6) is -0.563. The van der Waals surface area contributed by atoms with Crippen LogP contribution in [0.2, 0.25) is 0 Å². The van der Waals surface area contributed by atoms with Gasteiger partial charge in [-0.3, -0.25) is 4.79 Å². The molecular formula is C27H32F3NO4. The maximum atomic E-state index is 13.3. The number of rotatable bonds is 7. The number of hydrogen-bond acceptors (Lipinski definition) is 4. The van der Waals surface area contributed by atoms with Crippen LogP contribution in [-0.4, -0.2) is 30.8 Å². The zero-order valence-corrected chi connectivity index (χ0v) is 20.4. The molecule has 0 heterocycles. The van der Waals surface area contributed by atoms with Crippen molar-refractivity contribution in [1.82, 2.24) is 0 Å². The predicted octanol–water partition coefficient (Wildman–Crippen LogP) is 6.81. The van der Waals surface area contributed by atoms with Gasteiger partial charge in [0.2, 0.25) is 0 Å². The molecule has 35 heavy (non-hydrogen) atoms. The van der Waals surface area contributed by atoms with E-state index in [0.29, 0.717) is 35.1 Å². The first-order valence-electron chi connectivity index (χ1n) is 11.9. The number of ether oxygens (including phenoxy) is 2. The fourth-order valence-electron chi connectivity index (χ4n) is 4.49. The average molecular weight is 492 g/mol. The molecule has 190 valence electrons. The number of benzene rings is 2. The molecular weight excluding hydrogens is 459 g/mol. The van der Waals surface area contributed by atoms with E-state index >= 15 is 0 Å². The van der Waals surface area contributed by atoms with Crippen molar-refractivity contribution in [1.29, 1.82) is 0 Å². The van der Waals surface area contributed by atoms with Crippen molar-refractivity contribution in [2.24, 2.45) is 17.8 Å². The fraction of sp³-hybridized carbons (Fsp3) is 0.481. The minimum Gasteiger partial charge on any atom is -0.483 e. The lowest BCUT2D eigenvalue weighted by atomic mass is 9.75. The summed E-state index contributed by atoms with van der Waals surface area (Å²) in [5, 5.41) is 2.73. The minimum absolute atomic E-state index is 0.149. The van der Waals surface area contributed by atoms with Gasteiger partial charge in [0.25, 0.3) is 5.91 Å². The standard InChI is InChI=1S/C27H32F3NO4/c1-16(2)20-11-10-17(3)12-24(20)35-26(33)21-14-22(31-25(32)19-8-6-5-7-9-19)18(4)13-23(21)34-15-27(28,29)30/h5-9,13-14,16-17,20,24H,10-12,15H2,1-4H3,(H,31,32)/t17-,20+,24-/m1/s1. The number of carbonyl (C=O) groups excluding carboxylic acids is 2. The van der Waals surface area contributed by atoms with Gasteiger partial charge in [-0.1, -0.05) is 45.4 Å².